The number of benzene rings is 9. The Morgan fingerprint density at radius 1 is 0.364 bits per heavy atom. The number of halogens is 1. The van der Waals surface area contributed by atoms with E-state index < -0.39 is 0 Å². The van der Waals surface area contributed by atoms with Gasteiger partial charge in [0.2, 0.25) is 0 Å². The van der Waals surface area contributed by atoms with Crippen molar-refractivity contribution in [1.82, 2.24) is 4.57 Å². The second-order valence-electron chi connectivity index (χ2n) is 20.3. The van der Waals surface area contributed by atoms with Gasteiger partial charge in [-0.15, -0.1) is 0 Å². The Kier molecular flexibility index (Phi) is 8.15. The van der Waals surface area contributed by atoms with Gasteiger partial charge >= 0.3 is 0 Å². The summed E-state index contributed by atoms with van der Waals surface area (Å²) in [7, 11) is 0. The lowest BCUT2D eigenvalue weighted by Crippen LogP contribution is -2.16. The monoisotopic (exact) mass is 868 g/mol. The van der Waals surface area contributed by atoms with E-state index in [-0.39, 0.29) is 16.2 Å². The molecule has 0 saturated heterocycles. The SMILES string of the molecule is CC1(C)c2ccccc2-c2cc(-c3cc(-n4c5ccccc5c5ccccc54)cc(N(c4ccc5c(c4)-c4ccccc4C5(C)C)c4ccc5c(c4)-c4ccccc4C5(C)C)c3Cl)ccc21. The quantitative estimate of drug-likeness (QED) is 0.167. The van der Waals surface area contributed by atoms with Crippen LogP contribution in [0.5, 0.6) is 0 Å². The number of fused-ring (bicyclic) bond motifs is 12. The summed E-state index contributed by atoms with van der Waals surface area (Å²) in [5.74, 6) is 0. The predicted octanol–water partition coefficient (Wildman–Crippen LogP) is 17.5. The smallest absolute Gasteiger partial charge is 0.0726 e. The summed E-state index contributed by atoms with van der Waals surface area (Å²) in [5, 5.41) is 3.14. The van der Waals surface area contributed by atoms with E-state index in [2.05, 4.69) is 239 Å². The van der Waals surface area contributed by atoms with Gasteiger partial charge in [0.15, 0.2) is 0 Å². The summed E-state index contributed by atoms with van der Waals surface area (Å²) in [6, 6.07) is 70.1. The zero-order valence-corrected chi connectivity index (χ0v) is 38.9. The fourth-order valence-electron chi connectivity index (χ4n) is 12.3. The molecule has 0 atom stereocenters. The molecule has 0 radical (unpaired) electrons. The van der Waals surface area contributed by atoms with E-state index in [4.69, 9.17) is 11.6 Å². The number of hydrogen-bond donors (Lipinski definition) is 0. The average Bonchev–Trinajstić information content (AvgIpc) is 3.96. The van der Waals surface area contributed by atoms with Crippen LogP contribution in [-0.4, -0.2) is 4.57 Å². The molecule has 0 amide bonds. The molecule has 0 spiro atoms. The van der Waals surface area contributed by atoms with Crippen LogP contribution < -0.4 is 4.90 Å². The maximum absolute atomic E-state index is 8.15. The second kappa shape index (κ2) is 13.7. The first-order valence-electron chi connectivity index (χ1n) is 23.3. The lowest BCUT2D eigenvalue weighted by Gasteiger charge is -2.30. The van der Waals surface area contributed by atoms with Crippen LogP contribution in [0.4, 0.5) is 17.1 Å². The Morgan fingerprint density at radius 2 is 0.758 bits per heavy atom. The van der Waals surface area contributed by atoms with Crippen LogP contribution in [0, 0.1) is 0 Å². The van der Waals surface area contributed by atoms with E-state index in [1.165, 1.54) is 77.5 Å². The Hall–Kier alpha value is -7.13. The van der Waals surface area contributed by atoms with Crippen LogP contribution in [-0.2, 0) is 16.2 Å². The number of hydrogen-bond acceptors (Lipinski definition) is 1. The fraction of sp³-hybridized carbons (Fsp3) is 0.143. The van der Waals surface area contributed by atoms with Crippen LogP contribution >= 0.6 is 11.6 Å². The molecule has 3 aliphatic rings. The molecular weight excluding hydrogens is 820 g/mol. The van der Waals surface area contributed by atoms with Crippen LogP contribution in [0.3, 0.4) is 0 Å². The van der Waals surface area contributed by atoms with E-state index in [1.807, 2.05) is 0 Å². The van der Waals surface area contributed by atoms with E-state index in [1.54, 1.807) is 0 Å². The molecule has 0 aliphatic heterocycles. The molecule has 1 aromatic heterocycles. The standard InChI is InChI=1S/C63H49ClN2/c1-61(2)51-22-12-7-17-42(51)48-33-38(27-30-54(48)61)47-36-41(66-57-25-15-10-20-45(57)46-21-11-16-26-58(46)66)37-59(60(47)64)65(39-28-31-55-49(34-39)43-18-8-13-23-52(43)62(55,3)4)40-29-32-56-50(35-40)44-19-9-14-24-53(44)63(56,5)6/h7-37H,1-6H3. The first-order valence-corrected chi connectivity index (χ1v) is 23.7. The zero-order valence-electron chi connectivity index (χ0n) is 38.2. The van der Waals surface area contributed by atoms with Gasteiger partial charge in [-0.2, -0.15) is 0 Å². The van der Waals surface area contributed by atoms with Crippen molar-refractivity contribution >= 4 is 50.5 Å². The zero-order chi connectivity index (χ0) is 44.9. The number of anilines is 3. The number of rotatable bonds is 5. The topological polar surface area (TPSA) is 8.17 Å². The highest BCUT2D eigenvalue weighted by Gasteiger charge is 2.39. The molecule has 10 aromatic rings. The Balaban J connectivity index is 1.12. The molecule has 2 nitrogen and oxygen atoms in total. The maximum atomic E-state index is 8.15. The minimum absolute atomic E-state index is 0.109. The van der Waals surface area contributed by atoms with Gasteiger partial charge in [-0.05, 0) is 127 Å². The van der Waals surface area contributed by atoms with E-state index in [0.29, 0.717) is 5.02 Å². The molecule has 0 N–H and O–H groups in total. The maximum Gasteiger partial charge on any atom is 0.0726 e. The number of para-hydroxylation sites is 2. The van der Waals surface area contributed by atoms with Crippen molar-refractivity contribution in [2.75, 3.05) is 4.90 Å². The summed E-state index contributed by atoms with van der Waals surface area (Å²) in [5.41, 5.74) is 23.9. The summed E-state index contributed by atoms with van der Waals surface area (Å²) in [4.78, 5) is 2.43. The van der Waals surface area contributed by atoms with Crippen molar-refractivity contribution in [3.05, 3.63) is 226 Å². The first-order chi connectivity index (χ1) is 31.9. The average molecular weight is 870 g/mol. The summed E-state index contributed by atoms with van der Waals surface area (Å²) < 4.78 is 2.43. The van der Waals surface area contributed by atoms with Crippen molar-refractivity contribution in [2.24, 2.45) is 0 Å². The van der Waals surface area contributed by atoms with Gasteiger partial charge < -0.3 is 9.47 Å². The van der Waals surface area contributed by atoms with Crippen molar-refractivity contribution in [1.29, 1.82) is 0 Å². The highest BCUT2D eigenvalue weighted by Crippen LogP contribution is 2.56. The normalized spacial score (nSPS) is 15.3. The molecule has 318 valence electrons. The molecule has 1 heterocycles. The Labute approximate surface area is 392 Å². The van der Waals surface area contributed by atoms with Crippen molar-refractivity contribution in [2.45, 2.75) is 57.8 Å². The largest absolute Gasteiger partial charge is 0.309 e. The third kappa shape index (κ3) is 5.31. The highest BCUT2D eigenvalue weighted by atomic mass is 35.5. The van der Waals surface area contributed by atoms with Crippen LogP contribution in [0.15, 0.2) is 188 Å². The third-order valence-corrected chi connectivity index (χ3v) is 16.1. The highest BCUT2D eigenvalue weighted by molar-refractivity contribution is 6.36. The lowest BCUT2D eigenvalue weighted by molar-refractivity contribution is 0.660. The van der Waals surface area contributed by atoms with Gasteiger partial charge in [0, 0.05) is 49.6 Å². The summed E-state index contributed by atoms with van der Waals surface area (Å²) >= 11 is 8.15. The third-order valence-electron chi connectivity index (χ3n) is 15.7. The molecule has 0 fully saturated rings. The van der Waals surface area contributed by atoms with Crippen molar-refractivity contribution in [3.8, 4) is 50.2 Å². The van der Waals surface area contributed by atoms with E-state index in [9.17, 15) is 0 Å². The van der Waals surface area contributed by atoms with Crippen LogP contribution in [0.2, 0.25) is 5.02 Å². The molecule has 0 saturated carbocycles. The van der Waals surface area contributed by atoms with Gasteiger partial charge in [-0.25, -0.2) is 0 Å². The van der Waals surface area contributed by atoms with Gasteiger partial charge in [-0.3, -0.25) is 0 Å². The van der Waals surface area contributed by atoms with Crippen LogP contribution in [0.25, 0.3) is 72.0 Å². The molecule has 9 aromatic carbocycles. The van der Waals surface area contributed by atoms with E-state index in [0.717, 1.165) is 44.9 Å². The second-order valence-corrected chi connectivity index (χ2v) is 20.6. The number of nitrogens with zero attached hydrogens (tertiary/aromatic N) is 2. The van der Waals surface area contributed by atoms with Crippen molar-refractivity contribution in [3.63, 3.8) is 0 Å². The summed E-state index contributed by atoms with van der Waals surface area (Å²) in [6.45, 7) is 14.1. The van der Waals surface area contributed by atoms with Crippen molar-refractivity contribution < 1.29 is 0 Å². The molecule has 3 heteroatoms. The molecular formula is C63H49ClN2. The van der Waals surface area contributed by atoms with Gasteiger partial charge in [0.25, 0.3) is 0 Å². The molecule has 13 rings (SSSR count). The first kappa shape index (κ1) is 39.3. The minimum atomic E-state index is -0.125. The van der Waals surface area contributed by atoms with Crippen LogP contribution in [0.1, 0.15) is 74.9 Å². The lowest BCUT2D eigenvalue weighted by atomic mass is 9.82. The molecule has 0 unspecified atom stereocenters. The molecule has 0 bridgehead atoms. The Morgan fingerprint density at radius 3 is 1.24 bits per heavy atom. The minimum Gasteiger partial charge on any atom is -0.309 e. The fourth-order valence-corrected chi connectivity index (χ4v) is 12.6. The summed E-state index contributed by atoms with van der Waals surface area (Å²) in [6.07, 6.45) is 0. The van der Waals surface area contributed by atoms with Gasteiger partial charge in [0.05, 0.1) is 21.7 Å². The Bertz CT molecular complexity index is 3550. The van der Waals surface area contributed by atoms with E-state index >= 15 is 0 Å². The number of aromatic nitrogens is 1. The molecule has 66 heavy (non-hydrogen) atoms. The van der Waals surface area contributed by atoms with Gasteiger partial charge in [0.1, 0.15) is 0 Å². The van der Waals surface area contributed by atoms with Gasteiger partial charge in [-0.1, -0.05) is 187 Å². The predicted molar refractivity (Wildman–Crippen MR) is 279 cm³/mol. The molecule has 3 aliphatic carbocycles.